The van der Waals surface area contributed by atoms with Crippen LogP contribution in [0, 0.1) is 13.8 Å². The first-order valence-electron chi connectivity index (χ1n) is 11.4. The van der Waals surface area contributed by atoms with Gasteiger partial charge in [0.1, 0.15) is 17.7 Å². The molecule has 182 valence electrons. The Morgan fingerprint density at radius 2 is 2.09 bits per heavy atom. The van der Waals surface area contributed by atoms with Gasteiger partial charge in [-0.05, 0) is 38.3 Å². The lowest BCUT2D eigenvalue weighted by molar-refractivity contribution is 0.113. The van der Waals surface area contributed by atoms with Crippen molar-refractivity contribution in [3.8, 4) is 5.75 Å². The van der Waals surface area contributed by atoms with Crippen LogP contribution in [0.15, 0.2) is 23.2 Å². The van der Waals surface area contributed by atoms with E-state index in [-0.39, 0.29) is 36.2 Å². The number of aromatic nitrogens is 3. The maximum atomic E-state index is 6.23. The molecule has 0 saturated carbocycles. The fourth-order valence-corrected chi connectivity index (χ4v) is 3.81. The molecule has 2 unspecified atom stereocenters. The standard InChI is InChI=1S/C23H34N6O3.HI/c1-16-6-7-18(21(11-16)32-20-8-10-30-15-20)12-24-23(25-13-19-5-4-9-31-19)26-14-22-28-27-17(2)29(22)3;/h6-7,11,19-20H,4-5,8-10,12-15H2,1-3H3,(H2,24,25,26);1H. The zero-order valence-corrected chi connectivity index (χ0v) is 22.0. The van der Waals surface area contributed by atoms with E-state index < -0.39 is 0 Å². The van der Waals surface area contributed by atoms with Gasteiger partial charge in [-0.1, -0.05) is 12.1 Å². The van der Waals surface area contributed by atoms with Gasteiger partial charge in [0.2, 0.25) is 0 Å². The summed E-state index contributed by atoms with van der Waals surface area (Å²) in [5.41, 5.74) is 2.22. The van der Waals surface area contributed by atoms with Crippen LogP contribution in [0.1, 0.15) is 42.0 Å². The summed E-state index contributed by atoms with van der Waals surface area (Å²) >= 11 is 0. The fraction of sp³-hybridized carbons (Fsp3) is 0.609. The third kappa shape index (κ3) is 7.28. The molecule has 3 heterocycles. The minimum absolute atomic E-state index is 0. The highest BCUT2D eigenvalue weighted by Crippen LogP contribution is 2.24. The SMILES string of the molecule is Cc1ccc(CN=C(NCc2nnc(C)n2C)NCC2CCCO2)c(OC2CCOC2)c1.I. The Balaban J connectivity index is 0.00000306. The van der Waals surface area contributed by atoms with Crippen LogP contribution in [0.25, 0.3) is 0 Å². The van der Waals surface area contributed by atoms with Crippen LogP contribution in [0.5, 0.6) is 5.75 Å². The largest absolute Gasteiger partial charge is 0.488 e. The Labute approximate surface area is 212 Å². The predicted molar refractivity (Wildman–Crippen MR) is 137 cm³/mol. The van der Waals surface area contributed by atoms with Gasteiger partial charge in [0.05, 0.1) is 32.4 Å². The molecule has 0 amide bonds. The highest BCUT2D eigenvalue weighted by atomic mass is 127. The number of nitrogens with zero attached hydrogens (tertiary/aromatic N) is 4. The molecule has 1 aromatic heterocycles. The molecule has 0 bridgehead atoms. The summed E-state index contributed by atoms with van der Waals surface area (Å²) in [6.45, 7) is 8.00. The second kappa shape index (κ2) is 12.5. The molecule has 9 nitrogen and oxygen atoms in total. The van der Waals surface area contributed by atoms with Crippen LogP contribution in [0.4, 0.5) is 0 Å². The molecule has 2 fully saturated rings. The number of nitrogens with one attached hydrogen (secondary N) is 2. The van der Waals surface area contributed by atoms with Crippen LogP contribution in [0.2, 0.25) is 0 Å². The molecule has 2 aliphatic heterocycles. The van der Waals surface area contributed by atoms with Gasteiger partial charge in [-0.3, -0.25) is 0 Å². The van der Waals surface area contributed by atoms with E-state index in [2.05, 4.69) is 46.0 Å². The summed E-state index contributed by atoms with van der Waals surface area (Å²) in [6.07, 6.45) is 3.43. The van der Waals surface area contributed by atoms with E-state index in [1.54, 1.807) is 0 Å². The maximum Gasteiger partial charge on any atom is 0.192 e. The van der Waals surface area contributed by atoms with Crippen molar-refractivity contribution in [2.24, 2.45) is 12.0 Å². The van der Waals surface area contributed by atoms with Crippen molar-refractivity contribution < 1.29 is 14.2 Å². The van der Waals surface area contributed by atoms with E-state index in [1.807, 2.05) is 18.5 Å². The number of benzene rings is 1. The summed E-state index contributed by atoms with van der Waals surface area (Å²) in [5.74, 6) is 3.34. The second-order valence-corrected chi connectivity index (χ2v) is 8.47. The molecule has 10 heteroatoms. The predicted octanol–water partition coefficient (Wildman–Crippen LogP) is 2.63. The van der Waals surface area contributed by atoms with E-state index in [4.69, 9.17) is 19.2 Å². The monoisotopic (exact) mass is 570 g/mol. The summed E-state index contributed by atoms with van der Waals surface area (Å²) < 4.78 is 19.4. The Bertz CT molecular complexity index is 923. The first-order valence-corrected chi connectivity index (χ1v) is 11.4. The van der Waals surface area contributed by atoms with Crippen LogP contribution in [-0.2, 0) is 29.6 Å². The number of guanidine groups is 1. The highest BCUT2D eigenvalue weighted by molar-refractivity contribution is 14.0. The van der Waals surface area contributed by atoms with Gasteiger partial charge in [0.25, 0.3) is 0 Å². The van der Waals surface area contributed by atoms with Crippen LogP contribution >= 0.6 is 24.0 Å². The van der Waals surface area contributed by atoms with E-state index in [0.29, 0.717) is 19.7 Å². The van der Waals surface area contributed by atoms with Gasteiger partial charge < -0.3 is 29.4 Å². The number of ether oxygens (including phenoxy) is 3. The van der Waals surface area contributed by atoms with Gasteiger partial charge in [-0.2, -0.15) is 0 Å². The lowest BCUT2D eigenvalue weighted by Gasteiger charge is -2.17. The zero-order valence-electron chi connectivity index (χ0n) is 19.7. The van der Waals surface area contributed by atoms with E-state index in [1.165, 1.54) is 5.56 Å². The Hall–Kier alpha value is -1.92. The topological polar surface area (TPSA) is 94.8 Å². The van der Waals surface area contributed by atoms with Crippen molar-refractivity contribution in [2.75, 3.05) is 26.4 Å². The molecule has 0 spiro atoms. The van der Waals surface area contributed by atoms with Crippen molar-refractivity contribution in [3.05, 3.63) is 41.0 Å². The average Bonchev–Trinajstić information content (AvgIpc) is 3.54. The van der Waals surface area contributed by atoms with E-state index in [9.17, 15) is 0 Å². The summed E-state index contributed by atoms with van der Waals surface area (Å²) in [7, 11) is 1.96. The minimum atomic E-state index is 0. The van der Waals surface area contributed by atoms with Gasteiger partial charge in [0.15, 0.2) is 11.8 Å². The summed E-state index contributed by atoms with van der Waals surface area (Å²) in [5, 5.41) is 15.2. The lowest BCUT2D eigenvalue weighted by Crippen LogP contribution is -2.41. The highest BCUT2D eigenvalue weighted by Gasteiger charge is 2.19. The van der Waals surface area contributed by atoms with Crippen molar-refractivity contribution in [1.29, 1.82) is 0 Å². The smallest absolute Gasteiger partial charge is 0.192 e. The minimum Gasteiger partial charge on any atom is -0.488 e. The molecule has 2 aliphatic rings. The molecule has 2 aromatic rings. The van der Waals surface area contributed by atoms with Gasteiger partial charge in [-0.15, -0.1) is 34.2 Å². The van der Waals surface area contributed by atoms with Crippen molar-refractivity contribution in [3.63, 3.8) is 0 Å². The van der Waals surface area contributed by atoms with Gasteiger partial charge in [-0.25, -0.2) is 4.99 Å². The van der Waals surface area contributed by atoms with Crippen molar-refractivity contribution in [2.45, 2.75) is 58.4 Å². The Kier molecular flexibility index (Phi) is 9.75. The number of rotatable bonds is 8. The number of halogens is 1. The molecule has 33 heavy (non-hydrogen) atoms. The van der Waals surface area contributed by atoms with E-state index >= 15 is 0 Å². The zero-order chi connectivity index (χ0) is 22.3. The molecular formula is C23H35IN6O3. The molecule has 2 saturated heterocycles. The van der Waals surface area contributed by atoms with E-state index in [0.717, 1.165) is 67.9 Å². The number of hydrogen-bond donors (Lipinski definition) is 2. The summed E-state index contributed by atoms with van der Waals surface area (Å²) in [4.78, 5) is 4.84. The summed E-state index contributed by atoms with van der Waals surface area (Å²) in [6, 6.07) is 6.27. The molecule has 2 N–H and O–H groups in total. The number of aliphatic imine (C=N–C) groups is 1. The third-order valence-electron chi connectivity index (χ3n) is 5.93. The lowest BCUT2D eigenvalue weighted by atomic mass is 10.1. The van der Waals surface area contributed by atoms with Gasteiger partial charge >= 0.3 is 0 Å². The molecular weight excluding hydrogens is 535 g/mol. The molecule has 4 rings (SSSR count). The van der Waals surface area contributed by atoms with Gasteiger partial charge in [0, 0.05) is 32.2 Å². The first-order chi connectivity index (χ1) is 15.6. The second-order valence-electron chi connectivity index (χ2n) is 8.47. The van der Waals surface area contributed by atoms with Crippen molar-refractivity contribution >= 4 is 29.9 Å². The van der Waals surface area contributed by atoms with Crippen LogP contribution in [-0.4, -0.2) is 59.3 Å². The molecule has 0 aliphatic carbocycles. The normalized spacial score (nSPS) is 20.5. The molecule has 0 radical (unpaired) electrons. The first kappa shape index (κ1) is 25.7. The number of hydrogen-bond acceptors (Lipinski definition) is 6. The number of aryl methyl sites for hydroxylation is 2. The van der Waals surface area contributed by atoms with Crippen LogP contribution < -0.4 is 15.4 Å². The quantitative estimate of drug-likeness (QED) is 0.286. The molecule has 1 aromatic carbocycles. The van der Waals surface area contributed by atoms with Crippen LogP contribution in [0.3, 0.4) is 0 Å². The Morgan fingerprint density at radius 3 is 2.79 bits per heavy atom. The third-order valence-corrected chi connectivity index (χ3v) is 5.93. The fourth-order valence-electron chi connectivity index (χ4n) is 3.81. The molecule has 2 atom stereocenters. The maximum absolute atomic E-state index is 6.23. The average molecular weight is 570 g/mol. The Morgan fingerprint density at radius 1 is 1.21 bits per heavy atom. The van der Waals surface area contributed by atoms with Crippen molar-refractivity contribution in [1.82, 2.24) is 25.4 Å².